The molecule has 1 N–H and O–H groups in total. The second kappa shape index (κ2) is 5.70. The zero-order valence-corrected chi connectivity index (χ0v) is 16.0. The average Bonchev–Trinajstić information content (AvgIpc) is 2.86. The van der Waals surface area contributed by atoms with Crippen LogP contribution in [0.25, 0.3) is 0 Å². The summed E-state index contributed by atoms with van der Waals surface area (Å²) in [6.45, 7) is 3.78. The Kier molecular flexibility index (Phi) is 4.15. The fourth-order valence-corrected chi connectivity index (χ4v) is 7.60. The van der Waals surface area contributed by atoms with Crippen LogP contribution in [0.15, 0.2) is 12.2 Å². The first-order valence-electron chi connectivity index (χ1n) is 10.2. The molecule has 4 aliphatic carbocycles. The van der Waals surface area contributed by atoms with Crippen molar-refractivity contribution in [3.63, 3.8) is 0 Å². The summed E-state index contributed by atoms with van der Waals surface area (Å²) in [5.74, 6) is -4.29. The van der Waals surface area contributed by atoms with Crippen LogP contribution in [0.1, 0.15) is 65.2 Å². The van der Waals surface area contributed by atoms with Gasteiger partial charge in [-0.05, 0) is 80.5 Å². The molecule has 4 rings (SSSR count). The van der Waals surface area contributed by atoms with E-state index in [1.165, 1.54) is 6.92 Å². The van der Waals surface area contributed by atoms with Crippen molar-refractivity contribution in [1.82, 2.24) is 0 Å². The minimum absolute atomic E-state index is 0.103. The van der Waals surface area contributed by atoms with Gasteiger partial charge in [-0.2, -0.15) is 22.0 Å². The maximum absolute atomic E-state index is 14.4. The van der Waals surface area contributed by atoms with Crippen molar-refractivity contribution < 1.29 is 27.1 Å². The van der Waals surface area contributed by atoms with Crippen molar-refractivity contribution in [3.8, 4) is 0 Å². The first-order chi connectivity index (χ1) is 12.4. The molecule has 0 heterocycles. The van der Waals surface area contributed by atoms with Crippen molar-refractivity contribution in [1.29, 1.82) is 0 Å². The lowest BCUT2D eigenvalue weighted by atomic mass is 9.45. The molecule has 4 aliphatic rings. The summed E-state index contributed by atoms with van der Waals surface area (Å²) >= 11 is 0. The van der Waals surface area contributed by atoms with E-state index in [4.69, 9.17) is 0 Å². The number of rotatable bonds is 1. The molecule has 0 saturated heterocycles. The molecule has 6 heteroatoms. The van der Waals surface area contributed by atoms with E-state index < -0.39 is 29.5 Å². The van der Waals surface area contributed by atoms with E-state index >= 15 is 0 Å². The van der Waals surface area contributed by atoms with Gasteiger partial charge in [0.1, 0.15) is 5.60 Å². The van der Waals surface area contributed by atoms with Gasteiger partial charge in [0.05, 0.1) is 0 Å². The highest BCUT2D eigenvalue weighted by Crippen LogP contribution is 2.70. The predicted molar refractivity (Wildman–Crippen MR) is 92.2 cm³/mol. The van der Waals surface area contributed by atoms with Crippen LogP contribution in [0, 0.1) is 34.5 Å². The van der Waals surface area contributed by atoms with Gasteiger partial charge in [-0.1, -0.05) is 26.0 Å². The summed E-state index contributed by atoms with van der Waals surface area (Å²) in [4.78, 5) is 0. The number of halogens is 5. The van der Waals surface area contributed by atoms with Crippen molar-refractivity contribution in [2.45, 2.75) is 82.9 Å². The topological polar surface area (TPSA) is 20.2 Å². The molecular formula is C21H29F5O. The number of aliphatic hydroxyl groups is 1. The van der Waals surface area contributed by atoms with Gasteiger partial charge in [-0.25, -0.2) is 0 Å². The molecule has 3 saturated carbocycles. The zero-order valence-electron chi connectivity index (χ0n) is 16.0. The predicted octanol–water partition coefficient (Wildman–Crippen LogP) is 6.12. The summed E-state index contributed by atoms with van der Waals surface area (Å²) in [6.07, 6.45) is 3.25. The first kappa shape index (κ1) is 19.7. The SMILES string of the molecule is C[C@]12CCC3C(CC[C@@H]4CC=CC[C@]34C)C1CC[C@@]2(O)C(F)(F)C(F)(F)F. The third-order valence-corrected chi connectivity index (χ3v) is 9.24. The molecule has 0 bridgehead atoms. The molecule has 154 valence electrons. The number of hydrogen-bond donors (Lipinski definition) is 1. The van der Waals surface area contributed by atoms with Crippen LogP contribution in [-0.2, 0) is 0 Å². The van der Waals surface area contributed by atoms with Crippen LogP contribution >= 0.6 is 0 Å². The highest BCUT2D eigenvalue weighted by molar-refractivity contribution is 5.19. The Morgan fingerprint density at radius 2 is 1.56 bits per heavy atom. The maximum atomic E-state index is 14.4. The van der Waals surface area contributed by atoms with Gasteiger partial charge in [0, 0.05) is 5.41 Å². The molecule has 0 spiro atoms. The number of allylic oxidation sites excluding steroid dienone is 2. The highest BCUT2D eigenvalue weighted by Gasteiger charge is 2.79. The Balaban J connectivity index is 1.69. The summed E-state index contributed by atoms with van der Waals surface area (Å²) < 4.78 is 68.3. The first-order valence-corrected chi connectivity index (χ1v) is 10.2. The summed E-state index contributed by atoms with van der Waals surface area (Å²) in [5, 5.41) is 10.8. The van der Waals surface area contributed by atoms with Gasteiger partial charge in [0.15, 0.2) is 0 Å². The second-order valence-electron chi connectivity index (χ2n) is 10.00. The van der Waals surface area contributed by atoms with Crippen LogP contribution in [0.5, 0.6) is 0 Å². The number of hydrogen-bond acceptors (Lipinski definition) is 1. The molecule has 3 fully saturated rings. The van der Waals surface area contributed by atoms with E-state index in [1.54, 1.807) is 0 Å². The largest absolute Gasteiger partial charge is 0.456 e. The lowest BCUT2D eigenvalue weighted by Gasteiger charge is -2.61. The van der Waals surface area contributed by atoms with E-state index in [0.29, 0.717) is 18.3 Å². The van der Waals surface area contributed by atoms with Gasteiger partial charge < -0.3 is 5.11 Å². The van der Waals surface area contributed by atoms with Crippen LogP contribution in [0.3, 0.4) is 0 Å². The molecule has 0 radical (unpaired) electrons. The Bertz CT molecular complexity index is 643. The van der Waals surface area contributed by atoms with Crippen LogP contribution in [-0.4, -0.2) is 22.8 Å². The van der Waals surface area contributed by atoms with E-state index in [1.807, 2.05) is 0 Å². The minimum Gasteiger partial charge on any atom is -0.383 e. The van der Waals surface area contributed by atoms with Crippen molar-refractivity contribution >= 4 is 0 Å². The lowest BCUT2D eigenvalue weighted by Crippen LogP contribution is -2.65. The number of fused-ring (bicyclic) bond motifs is 5. The summed E-state index contributed by atoms with van der Waals surface area (Å²) in [7, 11) is 0. The van der Waals surface area contributed by atoms with Crippen LogP contribution in [0.2, 0.25) is 0 Å². The molecule has 0 amide bonds. The monoisotopic (exact) mass is 392 g/mol. The van der Waals surface area contributed by atoms with Gasteiger partial charge in [-0.15, -0.1) is 0 Å². The Labute approximate surface area is 157 Å². The van der Waals surface area contributed by atoms with Crippen LogP contribution < -0.4 is 0 Å². The molecule has 0 aromatic carbocycles. The van der Waals surface area contributed by atoms with Gasteiger partial charge in [-0.3, -0.25) is 0 Å². The third-order valence-electron chi connectivity index (χ3n) is 9.24. The Morgan fingerprint density at radius 1 is 0.889 bits per heavy atom. The number of alkyl halides is 5. The van der Waals surface area contributed by atoms with Crippen molar-refractivity contribution in [2.24, 2.45) is 34.5 Å². The molecule has 0 aliphatic heterocycles. The normalized spacial score (nSPS) is 50.1. The quantitative estimate of drug-likeness (QED) is 0.421. The van der Waals surface area contributed by atoms with Crippen molar-refractivity contribution in [2.75, 3.05) is 0 Å². The lowest BCUT2D eigenvalue weighted by molar-refractivity contribution is -0.364. The Hall–Kier alpha value is -0.650. The van der Waals surface area contributed by atoms with Crippen molar-refractivity contribution in [3.05, 3.63) is 12.2 Å². The average molecular weight is 392 g/mol. The van der Waals surface area contributed by atoms with Crippen LogP contribution in [0.4, 0.5) is 22.0 Å². The fourth-order valence-electron chi connectivity index (χ4n) is 7.60. The second-order valence-corrected chi connectivity index (χ2v) is 10.00. The zero-order chi connectivity index (χ0) is 19.9. The van der Waals surface area contributed by atoms with Gasteiger partial charge in [0.25, 0.3) is 0 Å². The molecule has 3 unspecified atom stereocenters. The maximum Gasteiger partial charge on any atom is 0.456 e. The third kappa shape index (κ3) is 2.31. The highest BCUT2D eigenvalue weighted by atomic mass is 19.4. The standard InChI is InChI=1S/C21H29F5O/c1-17-10-4-3-5-13(17)6-7-14-15(17)8-11-18(2)16(14)9-12-19(18,27)20(22,23)21(24,25)26/h3-4,13-16,27H,5-12H2,1-2H3/t13-,14?,15?,16?,17-,18-,19-/m0/s1. The van der Waals surface area contributed by atoms with E-state index in [-0.39, 0.29) is 30.1 Å². The van der Waals surface area contributed by atoms with E-state index in [9.17, 15) is 27.1 Å². The molecule has 7 atom stereocenters. The molecule has 27 heavy (non-hydrogen) atoms. The molecule has 0 aromatic heterocycles. The van der Waals surface area contributed by atoms with Gasteiger partial charge >= 0.3 is 12.1 Å². The summed E-state index contributed by atoms with van der Waals surface area (Å²) in [6, 6.07) is 0. The van der Waals surface area contributed by atoms with E-state index in [2.05, 4.69) is 19.1 Å². The van der Waals surface area contributed by atoms with E-state index in [0.717, 1.165) is 25.7 Å². The summed E-state index contributed by atoms with van der Waals surface area (Å²) in [5.41, 5.74) is -4.29. The molecule has 0 aromatic rings. The minimum atomic E-state index is -5.73. The molecule has 1 nitrogen and oxygen atoms in total. The fraction of sp³-hybridized carbons (Fsp3) is 0.905. The Morgan fingerprint density at radius 3 is 2.22 bits per heavy atom. The smallest absolute Gasteiger partial charge is 0.383 e. The molecular weight excluding hydrogens is 363 g/mol. The van der Waals surface area contributed by atoms with Gasteiger partial charge in [0.2, 0.25) is 0 Å².